The highest BCUT2D eigenvalue weighted by molar-refractivity contribution is 7.07. The Morgan fingerprint density at radius 1 is 1.50 bits per heavy atom. The zero-order valence-corrected chi connectivity index (χ0v) is 11.1. The van der Waals surface area contributed by atoms with Crippen molar-refractivity contribution >= 4 is 11.3 Å². The molecule has 0 spiro atoms. The maximum atomic E-state index is 5.30. The molecule has 0 aromatic carbocycles. The number of piperidine rings is 1. The summed E-state index contributed by atoms with van der Waals surface area (Å²) in [6, 6.07) is 2.10. The Morgan fingerprint density at radius 3 is 3.28 bits per heavy atom. The van der Waals surface area contributed by atoms with E-state index >= 15 is 0 Å². The molecule has 96 valence electrons. The van der Waals surface area contributed by atoms with Crippen molar-refractivity contribution in [2.45, 2.75) is 25.7 Å². The molecule has 2 aromatic rings. The van der Waals surface area contributed by atoms with Gasteiger partial charge in [0.05, 0.1) is 6.42 Å². The lowest BCUT2D eigenvalue weighted by Crippen LogP contribution is -2.31. The van der Waals surface area contributed by atoms with Gasteiger partial charge in [-0.05, 0) is 54.2 Å². The summed E-state index contributed by atoms with van der Waals surface area (Å²) in [5.74, 6) is 2.24. The van der Waals surface area contributed by atoms with Gasteiger partial charge in [0.25, 0.3) is 0 Å². The number of aromatic nitrogens is 2. The lowest BCUT2D eigenvalue weighted by atomic mass is 9.96. The van der Waals surface area contributed by atoms with Gasteiger partial charge in [0.2, 0.25) is 5.89 Å². The van der Waals surface area contributed by atoms with Crippen LogP contribution in [-0.2, 0) is 12.8 Å². The molecule has 1 aliphatic rings. The molecule has 1 saturated heterocycles. The van der Waals surface area contributed by atoms with Crippen LogP contribution in [0.5, 0.6) is 0 Å². The van der Waals surface area contributed by atoms with Gasteiger partial charge in [0.15, 0.2) is 5.82 Å². The Balaban J connectivity index is 1.59. The molecule has 0 radical (unpaired) electrons. The molecule has 1 fully saturated rings. The summed E-state index contributed by atoms with van der Waals surface area (Å²) in [5.41, 5.74) is 1.24. The second-order valence-electron chi connectivity index (χ2n) is 4.83. The quantitative estimate of drug-likeness (QED) is 0.919. The van der Waals surface area contributed by atoms with Crippen LogP contribution in [0.4, 0.5) is 0 Å². The predicted octanol–water partition coefficient (Wildman–Crippen LogP) is 2.26. The average molecular weight is 263 g/mol. The summed E-state index contributed by atoms with van der Waals surface area (Å²) >= 11 is 1.70. The van der Waals surface area contributed by atoms with Crippen LogP contribution in [0.1, 0.15) is 30.1 Å². The summed E-state index contributed by atoms with van der Waals surface area (Å²) < 4.78 is 5.30. The van der Waals surface area contributed by atoms with E-state index in [2.05, 4.69) is 32.3 Å². The lowest BCUT2D eigenvalue weighted by molar-refractivity contribution is 0.351. The van der Waals surface area contributed by atoms with E-state index in [1.54, 1.807) is 11.3 Å². The van der Waals surface area contributed by atoms with Crippen LogP contribution in [0, 0.1) is 5.92 Å². The van der Waals surface area contributed by atoms with Gasteiger partial charge in [-0.1, -0.05) is 5.16 Å². The van der Waals surface area contributed by atoms with Crippen LogP contribution < -0.4 is 5.32 Å². The maximum Gasteiger partial charge on any atom is 0.231 e. The molecule has 1 N–H and O–H groups in total. The van der Waals surface area contributed by atoms with Crippen molar-refractivity contribution in [2.75, 3.05) is 13.1 Å². The third-order valence-corrected chi connectivity index (χ3v) is 4.05. The Morgan fingerprint density at radius 2 is 2.50 bits per heavy atom. The molecular formula is C13H17N3OS. The van der Waals surface area contributed by atoms with Crippen molar-refractivity contribution < 1.29 is 4.52 Å². The first-order valence-corrected chi connectivity index (χ1v) is 7.37. The Bertz CT molecular complexity index is 474. The van der Waals surface area contributed by atoms with Crippen LogP contribution in [0.3, 0.4) is 0 Å². The molecular weight excluding hydrogens is 246 g/mol. The van der Waals surface area contributed by atoms with Crippen LogP contribution in [0.2, 0.25) is 0 Å². The van der Waals surface area contributed by atoms with Crippen molar-refractivity contribution in [3.8, 4) is 0 Å². The predicted molar refractivity (Wildman–Crippen MR) is 70.7 cm³/mol. The van der Waals surface area contributed by atoms with Gasteiger partial charge in [-0.15, -0.1) is 0 Å². The number of rotatable bonds is 4. The van der Waals surface area contributed by atoms with Gasteiger partial charge in [0, 0.05) is 6.42 Å². The van der Waals surface area contributed by atoms with Gasteiger partial charge in [-0.3, -0.25) is 0 Å². The Labute approximate surface area is 110 Å². The Hall–Kier alpha value is -1.20. The fourth-order valence-electron chi connectivity index (χ4n) is 2.37. The molecule has 0 saturated carbocycles. The molecule has 1 atom stereocenters. The summed E-state index contributed by atoms with van der Waals surface area (Å²) in [7, 11) is 0. The molecule has 3 rings (SSSR count). The highest BCUT2D eigenvalue weighted by Gasteiger charge is 2.16. The molecule has 1 unspecified atom stereocenters. The van der Waals surface area contributed by atoms with Gasteiger partial charge in [-0.2, -0.15) is 16.3 Å². The van der Waals surface area contributed by atoms with Crippen molar-refractivity contribution in [1.82, 2.24) is 15.5 Å². The third-order valence-electron chi connectivity index (χ3n) is 3.32. The Kier molecular flexibility index (Phi) is 3.71. The van der Waals surface area contributed by atoms with Crippen LogP contribution in [0.25, 0.3) is 0 Å². The second kappa shape index (κ2) is 5.63. The molecule has 0 aliphatic carbocycles. The molecule has 0 amide bonds. The van der Waals surface area contributed by atoms with E-state index in [-0.39, 0.29) is 0 Å². The van der Waals surface area contributed by atoms with Crippen molar-refractivity contribution in [3.63, 3.8) is 0 Å². The summed E-state index contributed by atoms with van der Waals surface area (Å²) in [6.45, 7) is 2.22. The fraction of sp³-hybridized carbons (Fsp3) is 0.538. The van der Waals surface area contributed by atoms with E-state index < -0.39 is 0 Å². The monoisotopic (exact) mass is 263 g/mol. The second-order valence-corrected chi connectivity index (χ2v) is 5.61. The normalized spacial score (nSPS) is 20.1. The van der Waals surface area contributed by atoms with E-state index in [1.807, 2.05) is 0 Å². The zero-order valence-electron chi connectivity index (χ0n) is 10.3. The highest BCUT2D eigenvalue weighted by Crippen LogP contribution is 2.16. The van der Waals surface area contributed by atoms with E-state index in [0.717, 1.165) is 37.6 Å². The molecule has 4 nitrogen and oxygen atoms in total. The number of hydrogen-bond donors (Lipinski definition) is 1. The van der Waals surface area contributed by atoms with Crippen LogP contribution >= 0.6 is 11.3 Å². The standard InChI is InChI=1S/C13H17N3OS/c1-2-10(8-14-4-1)6-12-15-13(17-16-12)7-11-3-5-18-9-11/h3,5,9-10,14H,1-2,4,6-8H2. The topological polar surface area (TPSA) is 51.0 Å². The first kappa shape index (κ1) is 11.9. The van der Waals surface area contributed by atoms with Crippen LogP contribution in [-0.4, -0.2) is 23.2 Å². The first-order chi connectivity index (χ1) is 8.90. The number of hydrogen-bond acceptors (Lipinski definition) is 5. The molecule has 0 bridgehead atoms. The summed E-state index contributed by atoms with van der Waals surface area (Å²) in [4.78, 5) is 4.48. The third kappa shape index (κ3) is 2.97. The molecule has 1 aliphatic heterocycles. The maximum absolute atomic E-state index is 5.30. The van der Waals surface area contributed by atoms with E-state index in [0.29, 0.717) is 5.92 Å². The minimum absolute atomic E-state index is 0.658. The van der Waals surface area contributed by atoms with Crippen molar-refractivity contribution in [2.24, 2.45) is 5.92 Å². The minimum atomic E-state index is 0.658. The number of thiophene rings is 1. The number of nitrogens with zero attached hydrogens (tertiary/aromatic N) is 2. The average Bonchev–Trinajstić information content (AvgIpc) is 3.03. The smallest absolute Gasteiger partial charge is 0.231 e. The van der Waals surface area contributed by atoms with E-state index in [4.69, 9.17) is 4.52 Å². The molecule has 5 heteroatoms. The lowest BCUT2D eigenvalue weighted by Gasteiger charge is -2.20. The molecule has 3 heterocycles. The van der Waals surface area contributed by atoms with Gasteiger partial charge in [-0.25, -0.2) is 0 Å². The van der Waals surface area contributed by atoms with E-state index in [9.17, 15) is 0 Å². The van der Waals surface area contributed by atoms with Crippen molar-refractivity contribution in [1.29, 1.82) is 0 Å². The SMILES string of the molecule is c1cc(Cc2nc(CC3CCCNC3)no2)cs1. The highest BCUT2D eigenvalue weighted by atomic mass is 32.1. The van der Waals surface area contributed by atoms with Crippen LogP contribution in [0.15, 0.2) is 21.3 Å². The number of nitrogens with one attached hydrogen (secondary N) is 1. The largest absolute Gasteiger partial charge is 0.339 e. The minimum Gasteiger partial charge on any atom is -0.339 e. The first-order valence-electron chi connectivity index (χ1n) is 6.43. The van der Waals surface area contributed by atoms with Gasteiger partial charge >= 0.3 is 0 Å². The van der Waals surface area contributed by atoms with E-state index in [1.165, 1.54) is 18.4 Å². The molecule has 18 heavy (non-hydrogen) atoms. The summed E-state index contributed by atoms with van der Waals surface area (Å²) in [6.07, 6.45) is 4.20. The van der Waals surface area contributed by atoms with Crippen molar-refractivity contribution in [3.05, 3.63) is 34.1 Å². The molecule has 2 aromatic heterocycles. The fourth-order valence-corrected chi connectivity index (χ4v) is 3.04. The zero-order chi connectivity index (χ0) is 12.2. The summed E-state index contributed by atoms with van der Waals surface area (Å²) in [5, 5.41) is 11.7. The van der Waals surface area contributed by atoms with Gasteiger partial charge in [0.1, 0.15) is 0 Å². The van der Waals surface area contributed by atoms with Gasteiger partial charge < -0.3 is 9.84 Å².